The van der Waals surface area contributed by atoms with E-state index in [2.05, 4.69) is 38.9 Å². The van der Waals surface area contributed by atoms with Crippen molar-refractivity contribution in [1.29, 1.82) is 0 Å². The smallest absolute Gasteiger partial charge is 0.277 e. The predicted octanol–water partition coefficient (Wildman–Crippen LogP) is 5.33. The van der Waals surface area contributed by atoms with E-state index in [1.54, 1.807) is 17.5 Å². The fourth-order valence-corrected chi connectivity index (χ4v) is 6.09. The molecule has 2 fully saturated rings. The number of hydrogen-bond acceptors (Lipinski definition) is 10. The number of thiazole rings is 1. The molecule has 12 heteroatoms. The number of carbonyl (C=O) groups is 1. The third kappa shape index (κ3) is 5.85. The van der Waals surface area contributed by atoms with Gasteiger partial charge in [0, 0.05) is 43.6 Å². The van der Waals surface area contributed by atoms with E-state index in [0.717, 1.165) is 65.9 Å². The number of rotatable bonds is 5. The molecule has 6 heterocycles. The lowest BCUT2D eigenvalue weighted by molar-refractivity contribution is -0.00522. The number of nitrogens with zero attached hydrogens (tertiary/aromatic N) is 6. The van der Waals surface area contributed by atoms with Crippen LogP contribution in [0.5, 0.6) is 0 Å². The summed E-state index contributed by atoms with van der Waals surface area (Å²) in [5.74, 6) is 0.789. The lowest BCUT2D eigenvalue weighted by atomic mass is 10.1. The maximum Gasteiger partial charge on any atom is 0.277 e. The molecule has 2 aliphatic rings. The quantitative estimate of drug-likeness (QED) is 0.341. The molecule has 6 rings (SSSR count). The molecule has 39 heavy (non-hydrogen) atoms. The number of oxazole rings is 1. The zero-order valence-electron chi connectivity index (χ0n) is 22.2. The van der Waals surface area contributed by atoms with Crippen molar-refractivity contribution in [1.82, 2.24) is 19.9 Å². The Kier molecular flexibility index (Phi) is 8.01. The van der Waals surface area contributed by atoms with Gasteiger partial charge < -0.3 is 24.3 Å². The van der Waals surface area contributed by atoms with Crippen LogP contribution < -0.4 is 15.1 Å². The van der Waals surface area contributed by atoms with Gasteiger partial charge in [0.15, 0.2) is 22.3 Å². The standard InChI is InChI=1S/C27H31N7O3S.ClH/c1-16-11-19(7-8-28-16)26-30-21(15-36-26)25(35)29-20-12-22-23(31-24(20)33-9-5-4-6-10-33)32-27(38-22)34-13-17(2)37-18(3)14-34;/h7-8,11-12,15,17-18H,4-6,9-10,13-14H2,1-3H3,(H,29,35);1H/t17-,18+;. The fraction of sp³-hybridized carbons (Fsp3) is 0.444. The molecule has 4 aromatic heterocycles. The number of piperidine rings is 1. The number of pyridine rings is 2. The molecule has 0 bridgehead atoms. The Bertz CT molecular complexity index is 1460. The summed E-state index contributed by atoms with van der Waals surface area (Å²) in [6.45, 7) is 9.44. The van der Waals surface area contributed by atoms with Crippen molar-refractivity contribution >= 4 is 56.6 Å². The Morgan fingerprint density at radius 3 is 2.56 bits per heavy atom. The number of ether oxygens (including phenoxy) is 1. The van der Waals surface area contributed by atoms with Crippen LogP contribution in [-0.2, 0) is 4.74 Å². The molecule has 2 saturated heterocycles. The maximum absolute atomic E-state index is 13.3. The van der Waals surface area contributed by atoms with Gasteiger partial charge in [-0.05, 0) is 58.2 Å². The minimum Gasteiger partial charge on any atom is -0.444 e. The molecule has 0 saturated carbocycles. The zero-order valence-corrected chi connectivity index (χ0v) is 23.8. The monoisotopic (exact) mass is 569 g/mol. The van der Waals surface area contributed by atoms with Gasteiger partial charge in [-0.3, -0.25) is 9.78 Å². The number of hydrogen-bond donors (Lipinski definition) is 1. The number of aryl methyl sites for hydroxylation is 1. The van der Waals surface area contributed by atoms with E-state index in [-0.39, 0.29) is 36.2 Å². The number of carbonyl (C=O) groups excluding carboxylic acids is 1. The van der Waals surface area contributed by atoms with Crippen molar-refractivity contribution in [2.45, 2.75) is 52.2 Å². The molecule has 2 atom stereocenters. The summed E-state index contributed by atoms with van der Waals surface area (Å²) in [4.78, 5) is 36.3. The first-order valence-corrected chi connectivity index (χ1v) is 13.9. The molecule has 0 unspecified atom stereocenters. The molecule has 0 aliphatic carbocycles. The molecule has 10 nitrogen and oxygen atoms in total. The second kappa shape index (κ2) is 11.4. The Morgan fingerprint density at radius 1 is 1.05 bits per heavy atom. The van der Waals surface area contributed by atoms with E-state index in [1.165, 1.54) is 12.7 Å². The first-order chi connectivity index (χ1) is 18.4. The number of aromatic nitrogens is 4. The molecule has 0 radical (unpaired) electrons. The molecular weight excluding hydrogens is 538 g/mol. The molecule has 2 aliphatic heterocycles. The molecule has 4 aromatic rings. The Morgan fingerprint density at radius 2 is 1.82 bits per heavy atom. The summed E-state index contributed by atoms with van der Waals surface area (Å²) in [5.41, 5.74) is 3.19. The largest absolute Gasteiger partial charge is 0.444 e. The summed E-state index contributed by atoms with van der Waals surface area (Å²) in [5, 5.41) is 3.99. The number of fused-ring (bicyclic) bond motifs is 1. The van der Waals surface area contributed by atoms with Crippen molar-refractivity contribution in [3.8, 4) is 11.5 Å². The first-order valence-electron chi connectivity index (χ1n) is 13.1. The van der Waals surface area contributed by atoms with Gasteiger partial charge in [-0.15, -0.1) is 12.4 Å². The molecular formula is C27H32ClN7O3S. The van der Waals surface area contributed by atoms with E-state index in [4.69, 9.17) is 19.1 Å². The molecule has 1 N–H and O–H groups in total. The Balaban J connectivity index is 0.00000308. The van der Waals surface area contributed by atoms with Crippen molar-refractivity contribution < 1.29 is 13.9 Å². The van der Waals surface area contributed by atoms with Crippen LogP contribution in [-0.4, -0.2) is 64.2 Å². The van der Waals surface area contributed by atoms with Gasteiger partial charge >= 0.3 is 0 Å². The van der Waals surface area contributed by atoms with Gasteiger partial charge in [-0.2, -0.15) is 4.98 Å². The van der Waals surface area contributed by atoms with Crippen LogP contribution in [0.2, 0.25) is 0 Å². The van der Waals surface area contributed by atoms with E-state index >= 15 is 0 Å². The van der Waals surface area contributed by atoms with Crippen molar-refractivity contribution in [3.05, 3.63) is 42.0 Å². The SMILES string of the molecule is Cc1cc(-c2nc(C(=O)Nc3cc4sc(N5C[C@@H](C)O[C@@H](C)C5)nc4nc3N3CCCCC3)co2)ccn1.Cl. The molecule has 1 amide bonds. The normalized spacial score (nSPS) is 19.7. The maximum atomic E-state index is 13.3. The third-order valence-corrected chi connectivity index (χ3v) is 7.88. The van der Waals surface area contributed by atoms with Gasteiger partial charge in [0.1, 0.15) is 6.26 Å². The predicted molar refractivity (Wildman–Crippen MR) is 155 cm³/mol. The second-order valence-electron chi connectivity index (χ2n) is 10.1. The van der Waals surface area contributed by atoms with Gasteiger partial charge in [-0.25, -0.2) is 9.97 Å². The van der Waals surface area contributed by atoms with Crippen molar-refractivity contribution in [2.24, 2.45) is 0 Å². The van der Waals surface area contributed by atoms with Crippen LogP contribution in [0.1, 0.15) is 49.3 Å². The van der Waals surface area contributed by atoms with Gasteiger partial charge in [0.2, 0.25) is 5.89 Å². The fourth-order valence-electron chi connectivity index (χ4n) is 5.13. The summed E-state index contributed by atoms with van der Waals surface area (Å²) < 4.78 is 12.4. The van der Waals surface area contributed by atoms with Gasteiger partial charge in [0.25, 0.3) is 5.91 Å². The van der Waals surface area contributed by atoms with Crippen molar-refractivity contribution in [3.63, 3.8) is 0 Å². The van der Waals surface area contributed by atoms with Crippen LogP contribution >= 0.6 is 23.7 Å². The van der Waals surface area contributed by atoms with Gasteiger partial charge in [0.05, 0.1) is 22.6 Å². The number of halogens is 1. The highest BCUT2D eigenvalue weighted by Gasteiger charge is 2.26. The highest BCUT2D eigenvalue weighted by molar-refractivity contribution is 7.22. The van der Waals surface area contributed by atoms with Crippen molar-refractivity contribution in [2.75, 3.05) is 41.3 Å². The summed E-state index contributed by atoms with van der Waals surface area (Å²) >= 11 is 1.59. The van der Waals surface area contributed by atoms with E-state index in [1.807, 2.05) is 25.1 Å². The lowest BCUT2D eigenvalue weighted by Crippen LogP contribution is -2.45. The minimum absolute atomic E-state index is 0. The molecule has 0 spiro atoms. The molecule has 0 aromatic carbocycles. The highest BCUT2D eigenvalue weighted by atomic mass is 35.5. The highest BCUT2D eigenvalue weighted by Crippen LogP contribution is 2.36. The average Bonchev–Trinajstić information content (AvgIpc) is 3.56. The van der Waals surface area contributed by atoms with Crippen LogP contribution in [0.25, 0.3) is 21.8 Å². The Labute approximate surface area is 237 Å². The zero-order chi connectivity index (χ0) is 26.2. The minimum atomic E-state index is -0.342. The van der Waals surface area contributed by atoms with E-state index < -0.39 is 0 Å². The lowest BCUT2D eigenvalue weighted by Gasteiger charge is -2.35. The number of nitrogens with one attached hydrogen (secondary N) is 1. The number of anilines is 3. The van der Waals surface area contributed by atoms with Gasteiger partial charge in [-0.1, -0.05) is 11.3 Å². The number of amides is 1. The summed E-state index contributed by atoms with van der Waals surface area (Å²) in [6.07, 6.45) is 6.75. The Hall–Kier alpha value is -3.28. The average molecular weight is 570 g/mol. The topological polar surface area (TPSA) is 110 Å². The van der Waals surface area contributed by atoms with E-state index in [0.29, 0.717) is 17.2 Å². The summed E-state index contributed by atoms with van der Waals surface area (Å²) in [7, 11) is 0. The van der Waals surface area contributed by atoms with Crippen LogP contribution in [0.4, 0.5) is 16.6 Å². The van der Waals surface area contributed by atoms with Crippen LogP contribution in [0.15, 0.2) is 35.1 Å². The molecule has 206 valence electrons. The van der Waals surface area contributed by atoms with Crippen LogP contribution in [0, 0.1) is 6.92 Å². The summed E-state index contributed by atoms with van der Waals surface area (Å²) in [6, 6.07) is 5.67. The second-order valence-corrected chi connectivity index (χ2v) is 11.1. The first kappa shape index (κ1) is 27.3. The number of morpholine rings is 1. The van der Waals surface area contributed by atoms with Crippen LogP contribution in [0.3, 0.4) is 0 Å². The van der Waals surface area contributed by atoms with E-state index in [9.17, 15) is 4.79 Å². The third-order valence-electron chi connectivity index (χ3n) is 6.83.